The summed E-state index contributed by atoms with van der Waals surface area (Å²) in [5.74, 6) is -0.945. The van der Waals surface area contributed by atoms with Gasteiger partial charge in [-0.25, -0.2) is 4.79 Å². The van der Waals surface area contributed by atoms with Gasteiger partial charge in [0.25, 0.3) is 0 Å². The zero-order valence-corrected chi connectivity index (χ0v) is 19.9. The van der Waals surface area contributed by atoms with E-state index in [0.717, 1.165) is 16.9 Å². The second-order valence-electron chi connectivity index (χ2n) is 10.0. The molecule has 0 aromatic heterocycles. The Kier molecular flexibility index (Phi) is 6.67. The number of likely N-dealkylation sites (N-methyl/N-ethyl adjacent to an activating group) is 1. The van der Waals surface area contributed by atoms with Crippen LogP contribution in [0.5, 0.6) is 0 Å². The standard InChI is InChI=1S/C25H34N2O5/c1-24(2,3)32-23(30)27-13-11-17(12-14-27)22(29)31-16-18(28)15-21-25(4,5)19-9-7-8-10-20(19)26(21)6/h7-10,15,17H,11-14,16H2,1-6H3/b21-15-. The van der Waals surface area contributed by atoms with Gasteiger partial charge in [0, 0.05) is 43.0 Å². The van der Waals surface area contributed by atoms with Crippen LogP contribution in [0.1, 0.15) is 53.0 Å². The minimum absolute atomic E-state index is 0.243. The second-order valence-corrected chi connectivity index (χ2v) is 10.0. The number of esters is 1. The Morgan fingerprint density at radius 3 is 2.34 bits per heavy atom. The minimum atomic E-state index is -0.551. The maximum Gasteiger partial charge on any atom is 0.410 e. The van der Waals surface area contributed by atoms with Gasteiger partial charge in [0.2, 0.25) is 0 Å². The molecule has 2 heterocycles. The Morgan fingerprint density at radius 2 is 1.75 bits per heavy atom. The molecule has 3 rings (SSSR count). The van der Waals surface area contributed by atoms with Gasteiger partial charge in [-0.05, 0) is 45.2 Å². The number of carbonyl (C=O) groups is 3. The number of nitrogens with zero attached hydrogens (tertiary/aromatic N) is 2. The van der Waals surface area contributed by atoms with Crippen LogP contribution in [0, 0.1) is 5.92 Å². The number of ether oxygens (including phenoxy) is 2. The molecule has 2 aliphatic rings. The SMILES string of the molecule is CN1/C(=C\C(=O)COC(=O)C2CCN(C(=O)OC(C)(C)C)CC2)C(C)(C)c2ccccc21. The lowest BCUT2D eigenvalue weighted by molar-refractivity contribution is -0.152. The first-order valence-electron chi connectivity index (χ1n) is 11.1. The van der Waals surface area contributed by atoms with Gasteiger partial charge in [-0.3, -0.25) is 9.59 Å². The largest absolute Gasteiger partial charge is 0.457 e. The molecule has 1 fully saturated rings. The van der Waals surface area contributed by atoms with Crippen molar-refractivity contribution in [1.82, 2.24) is 4.90 Å². The van der Waals surface area contributed by atoms with Crippen molar-refractivity contribution in [3.05, 3.63) is 41.6 Å². The number of hydrogen-bond donors (Lipinski definition) is 0. The number of para-hydroxylation sites is 1. The van der Waals surface area contributed by atoms with E-state index >= 15 is 0 Å². The van der Waals surface area contributed by atoms with Gasteiger partial charge >= 0.3 is 12.1 Å². The summed E-state index contributed by atoms with van der Waals surface area (Å²) in [6.07, 6.45) is 2.21. The fraction of sp³-hybridized carbons (Fsp3) is 0.560. The summed E-state index contributed by atoms with van der Waals surface area (Å²) in [7, 11) is 1.94. The number of likely N-dealkylation sites (tertiary alicyclic amines) is 1. The molecular formula is C25H34N2O5. The molecule has 0 aliphatic carbocycles. The number of rotatable bonds is 4. The molecular weight excluding hydrogens is 408 g/mol. The number of amides is 1. The summed E-state index contributed by atoms with van der Waals surface area (Å²) >= 11 is 0. The van der Waals surface area contributed by atoms with Crippen molar-refractivity contribution < 1.29 is 23.9 Å². The van der Waals surface area contributed by atoms with Crippen LogP contribution in [-0.2, 0) is 24.5 Å². The van der Waals surface area contributed by atoms with Gasteiger partial charge in [-0.15, -0.1) is 0 Å². The van der Waals surface area contributed by atoms with Gasteiger partial charge in [0.05, 0.1) is 5.92 Å². The maximum atomic E-state index is 12.6. The van der Waals surface area contributed by atoms with Crippen molar-refractivity contribution in [1.29, 1.82) is 0 Å². The quantitative estimate of drug-likeness (QED) is 0.517. The van der Waals surface area contributed by atoms with E-state index in [1.165, 1.54) is 0 Å². The number of hydrogen-bond acceptors (Lipinski definition) is 6. The van der Waals surface area contributed by atoms with Crippen molar-refractivity contribution in [3.63, 3.8) is 0 Å². The van der Waals surface area contributed by atoms with E-state index in [1.54, 1.807) is 11.0 Å². The van der Waals surface area contributed by atoms with Crippen molar-refractivity contribution in [2.45, 2.75) is 58.5 Å². The van der Waals surface area contributed by atoms with Crippen molar-refractivity contribution >= 4 is 23.5 Å². The van der Waals surface area contributed by atoms with Crippen LogP contribution in [0.15, 0.2) is 36.0 Å². The van der Waals surface area contributed by atoms with E-state index in [0.29, 0.717) is 25.9 Å². The van der Waals surface area contributed by atoms with E-state index in [4.69, 9.17) is 9.47 Å². The van der Waals surface area contributed by atoms with E-state index < -0.39 is 5.60 Å². The van der Waals surface area contributed by atoms with E-state index in [9.17, 15) is 14.4 Å². The first-order chi connectivity index (χ1) is 14.9. The average Bonchev–Trinajstić information content (AvgIpc) is 2.92. The van der Waals surface area contributed by atoms with Crippen LogP contribution >= 0.6 is 0 Å². The molecule has 0 N–H and O–H groups in total. The molecule has 2 aliphatic heterocycles. The second kappa shape index (κ2) is 8.96. The molecule has 0 atom stereocenters. The molecule has 0 saturated carbocycles. The molecule has 0 spiro atoms. The highest BCUT2D eigenvalue weighted by molar-refractivity contribution is 5.94. The predicted octanol–water partition coefficient (Wildman–Crippen LogP) is 4.06. The molecule has 1 aromatic carbocycles. The van der Waals surface area contributed by atoms with Gasteiger partial charge < -0.3 is 19.3 Å². The van der Waals surface area contributed by atoms with Crippen molar-refractivity contribution in [2.24, 2.45) is 5.92 Å². The summed E-state index contributed by atoms with van der Waals surface area (Å²) in [4.78, 5) is 40.9. The summed E-state index contributed by atoms with van der Waals surface area (Å²) in [5, 5.41) is 0. The number of ketones is 1. The third-order valence-electron chi connectivity index (χ3n) is 6.07. The summed E-state index contributed by atoms with van der Waals surface area (Å²) in [6.45, 7) is 10.2. The zero-order valence-electron chi connectivity index (χ0n) is 19.9. The Hall–Kier alpha value is -2.83. The highest BCUT2D eigenvalue weighted by atomic mass is 16.6. The van der Waals surface area contributed by atoms with E-state index in [2.05, 4.69) is 19.9 Å². The van der Waals surface area contributed by atoms with Crippen LogP contribution < -0.4 is 4.90 Å². The van der Waals surface area contributed by atoms with E-state index in [1.807, 2.05) is 50.9 Å². The lowest BCUT2D eigenvalue weighted by Crippen LogP contribution is -2.43. The molecule has 0 unspecified atom stereocenters. The Labute approximate surface area is 190 Å². The molecule has 7 heteroatoms. The van der Waals surface area contributed by atoms with Crippen LogP contribution in [0.3, 0.4) is 0 Å². The number of fused-ring (bicyclic) bond motifs is 1. The van der Waals surface area contributed by atoms with Gasteiger partial charge in [0.1, 0.15) is 5.60 Å². The summed E-state index contributed by atoms with van der Waals surface area (Å²) in [6, 6.07) is 8.08. The number of anilines is 1. The Balaban J connectivity index is 1.52. The Bertz CT molecular complexity index is 921. The minimum Gasteiger partial charge on any atom is -0.457 e. The summed E-state index contributed by atoms with van der Waals surface area (Å²) in [5.41, 5.74) is 2.26. The van der Waals surface area contributed by atoms with Gasteiger partial charge in [-0.2, -0.15) is 0 Å². The molecule has 1 saturated heterocycles. The fourth-order valence-electron chi connectivity index (χ4n) is 4.34. The topological polar surface area (TPSA) is 76.2 Å². The van der Waals surface area contributed by atoms with Crippen LogP contribution in [-0.4, -0.2) is 55.1 Å². The van der Waals surface area contributed by atoms with Gasteiger partial charge in [0.15, 0.2) is 12.4 Å². The highest BCUT2D eigenvalue weighted by Crippen LogP contribution is 2.46. The normalized spacial score (nSPS) is 19.6. The van der Waals surface area contributed by atoms with Crippen molar-refractivity contribution in [2.75, 3.05) is 31.6 Å². The molecule has 0 radical (unpaired) electrons. The average molecular weight is 443 g/mol. The number of allylic oxidation sites excluding steroid dienone is 1. The molecule has 174 valence electrons. The highest BCUT2D eigenvalue weighted by Gasteiger charge is 2.38. The maximum absolute atomic E-state index is 12.6. The number of piperidine rings is 1. The van der Waals surface area contributed by atoms with E-state index in [-0.39, 0.29) is 35.8 Å². The first-order valence-corrected chi connectivity index (χ1v) is 11.1. The summed E-state index contributed by atoms with van der Waals surface area (Å²) < 4.78 is 10.7. The molecule has 1 aromatic rings. The smallest absolute Gasteiger partial charge is 0.410 e. The molecule has 32 heavy (non-hydrogen) atoms. The lowest BCUT2D eigenvalue weighted by Gasteiger charge is -2.32. The third-order valence-corrected chi connectivity index (χ3v) is 6.07. The fourth-order valence-corrected chi connectivity index (χ4v) is 4.34. The van der Waals surface area contributed by atoms with Crippen LogP contribution in [0.25, 0.3) is 0 Å². The monoisotopic (exact) mass is 442 g/mol. The first kappa shape index (κ1) is 23.8. The predicted molar refractivity (Wildman–Crippen MR) is 122 cm³/mol. The van der Waals surface area contributed by atoms with Gasteiger partial charge in [-0.1, -0.05) is 32.0 Å². The van der Waals surface area contributed by atoms with Crippen LogP contribution in [0.4, 0.5) is 10.5 Å². The molecule has 1 amide bonds. The number of benzene rings is 1. The molecule has 0 bridgehead atoms. The van der Waals surface area contributed by atoms with Crippen LogP contribution in [0.2, 0.25) is 0 Å². The molecule has 7 nitrogen and oxygen atoms in total. The third kappa shape index (κ3) is 5.14. The lowest BCUT2D eigenvalue weighted by atomic mass is 9.83. The number of carbonyl (C=O) groups excluding carboxylic acids is 3. The van der Waals surface area contributed by atoms with Crippen molar-refractivity contribution in [3.8, 4) is 0 Å². The Morgan fingerprint density at radius 1 is 1.12 bits per heavy atom. The zero-order chi connectivity index (χ0) is 23.7.